The van der Waals surface area contributed by atoms with E-state index in [0.717, 1.165) is 11.8 Å². The van der Waals surface area contributed by atoms with E-state index >= 15 is 0 Å². The van der Waals surface area contributed by atoms with E-state index < -0.39 is 0 Å². The topological polar surface area (TPSA) is 12.0 Å². The molecule has 2 heteroatoms. The van der Waals surface area contributed by atoms with Crippen LogP contribution in [-0.2, 0) is 0 Å². The quantitative estimate of drug-likeness (QED) is 0.661. The lowest BCUT2D eigenvalue weighted by atomic mass is 10.2. The van der Waals surface area contributed by atoms with Gasteiger partial charge in [-0.1, -0.05) is 27.7 Å². The summed E-state index contributed by atoms with van der Waals surface area (Å²) in [5, 5.41) is 4.31. The van der Waals surface area contributed by atoms with E-state index in [9.17, 15) is 0 Å². The second-order valence-corrected chi connectivity index (χ2v) is 4.69. The summed E-state index contributed by atoms with van der Waals surface area (Å²) in [5.74, 6) is 1.26. The molecule has 0 saturated heterocycles. The van der Waals surface area contributed by atoms with Gasteiger partial charge in [-0.2, -0.15) is 11.8 Å². The molecule has 0 aromatic heterocycles. The van der Waals surface area contributed by atoms with Crippen LogP contribution in [0.15, 0.2) is 0 Å². The Morgan fingerprint density at radius 1 is 1.17 bits per heavy atom. The van der Waals surface area contributed by atoms with Gasteiger partial charge in [0.1, 0.15) is 0 Å². The standard InChI is InChI=1S/C10H23NS/c1-5-9(4)12-8-10(6-2)11-7-3/h9-11H,5-8H2,1-4H3. The van der Waals surface area contributed by atoms with Crippen molar-refractivity contribution in [3.8, 4) is 0 Å². The molecule has 0 heterocycles. The monoisotopic (exact) mass is 189 g/mol. The van der Waals surface area contributed by atoms with Crippen LogP contribution in [0.5, 0.6) is 0 Å². The fraction of sp³-hybridized carbons (Fsp3) is 1.00. The molecule has 0 aliphatic carbocycles. The van der Waals surface area contributed by atoms with Gasteiger partial charge >= 0.3 is 0 Å². The highest BCUT2D eigenvalue weighted by Gasteiger charge is 2.06. The maximum absolute atomic E-state index is 3.49. The van der Waals surface area contributed by atoms with Crippen LogP contribution in [0.25, 0.3) is 0 Å². The molecule has 0 aromatic rings. The highest BCUT2D eigenvalue weighted by Crippen LogP contribution is 2.15. The van der Waals surface area contributed by atoms with Gasteiger partial charge in [-0.25, -0.2) is 0 Å². The minimum absolute atomic E-state index is 0.717. The molecular formula is C10H23NS. The first kappa shape index (κ1) is 12.3. The summed E-state index contributed by atoms with van der Waals surface area (Å²) in [7, 11) is 0. The van der Waals surface area contributed by atoms with Gasteiger partial charge in [-0.3, -0.25) is 0 Å². The van der Waals surface area contributed by atoms with E-state index in [1.54, 1.807) is 0 Å². The molecule has 0 aromatic carbocycles. The predicted molar refractivity (Wildman–Crippen MR) is 60.0 cm³/mol. The van der Waals surface area contributed by atoms with Gasteiger partial charge in [-0.05, 0) is 19.4 Å². The summed E-state index contributed by atoms with van der Waals surface area (Å²) >= 11 is 2.09. The normalized spacial score (nSPS) is 16.0. The molecule has 0 aliphatic rings. The minimum Gasteiger partial charge on any atom is -0.313 e. The first-order chi connectivity index (χ1) is 5.74. The first-order valence-corrected chi connectivity index (χ1v) is 6.14. The van der Waals surface area contributed by atoms with Crippen molar-refractivity contribution >= 4 is 11.8 Å². The van der Waals surface area contributed by atoms with Crippen molar-refractivity contribution in [2.24, 2.45) is 0 Å². The van der Waals surface area contributed by atoms with Gasteiger partial charge in [-0.15, -0.1) is 0 Å². The summed E-state index contributed by atoms with van der Waals surface area (Å²) in [6, 6.07) is 0.717. The third-order valence-corrected chi connectivity index (χ3v) is 3.64. The molecule has 2 unspecified atom stereocenters. The zero-order valence-electron chi connectivity index (χ0n) is 8.89. The van der Waals surface area contributed by atoms with Crippen LogP contribution < -0.4 is 5.32 Å². The Balaban J connectivity index is 3.43. The van der Waals surface area contributed by atoms with Gasteiger partial charge < -0.3 is 5.32 Å². The molecule has 0 fully saturated rings. The molecule has 2 atom stereocenters. The van der Waals surface area contributed by atoms with Crippen molar-refractivity contribution < 1.29 is 0 Å². The van der Waals surface area contributed by atoms with E-state index in [0.29, 0.717) is 6.04 Å². The van der Waals surface area contributed by atoms with E-state index in [2.05, 4.69) is 44.8 Å². The summed E-state index contributed by atoms with van der Waals surface area (Å²) < 4.78 is 0. The third-order valence-electron chi connectivity index (χ3n) is 2.14. The maximum atomic E-state index is 3.49. The van der Waals surface area contributed by atoms with Crippen molar-refractivity contribution in [3.63, 3.8) is 0 Å². The van der Waals surface area contributed by atoms with Crippen LogP contribution in [-0.4, -0.2) is 23.6 Å². The molecule has 0 rings (SSSR count). The van der Waals surface area contributed by atoms with Gasteiger partial charge in [0.15, 0.2) is 0 Å². The summed E-state index contributed by atoms with van der Waals surface area (Å²) in [6.07, 6.45) is 2.53. The Bertz CT molecular complexity index is 95.8. The van der Waals surface area contributed by atoms with Crippen molar-refractivity contribution in [1.29, 1.82) is 0 Å². The van der Waals surface area contributed by atoms with Crippen LogP contribution >= 0.6 is 11.8 Å². The molecule has 0 spiro atoms. The maximum Gasteiger partial charge on any atom is 0.0155 e. The highest BCUT2D eigenvalue weighted by molar-refractivity contribution is 7.99. The van der Waals surface area contributed by atoms with Crippen molar-refractivity contribution in [2.75, 3.05) is 12.3 Å². The second-order valence-electron chi connectivity index (χ2n) is 3.22. The molecule has 0 bridgehead atoms. The van der Waals surface area contributed by atoms with Crippen LogP contribution in [0.4, 0.5) is 0 Å². The Hall–Kier alpha value is 0.310. The Morgan fingerprint density at radius 2 is 1.83 bits per heavy atom. The van der Waals surface area contributed by atoms with Crippen molar-refractivity contribution in [2.45, 2.75) is 51.8 Å². The SMILES string of the molecule is CCNC(CC)CSC(C)CC. The van der Waals surface area contributed by atoms with Gasteiger partial charge in [0.2, 0.25) is 0 Å². The Kier molecular flexibility index (Phi) is 8.14. The van der Waals surface area contributed by atoms with Gasteiger partial charge in [0, 0.05) is 17.0 Å². The van der Waals surface area contributed by atoms with E-state index in [4.69, 9.17) is 0 Å². The van der Waals surface area contributed by atoms with E-state index in [1.165, 1.54) is 18.6 Å². The summed E-state index contributed by atoms with van der Waals surface area (Å²) in [5.41, 5.74) is 0. The summed E-state index contributed by atoms with van der Waals surface area (Å²) in [6.45, 7) is 10.1. The zero-order valence-corrected chi connectivity index (χ0v) is 9.71. The van der Waals surface area contributed by atoms with Crippen LogP contribution in [0.2, 0.25) is 0 Å². The third kappa shape index (κ3) is 5.90. The molecule has 0 amide bonds. The van der Waals surface area contributed by atoms with Crippen molar-refractivity contribution in [3.05, 3.63) is 0 Å². The average Bonchev–Trinajstić information content (AvgIpc) is 2.11. The number of hydrogen-bond donors (Lipinski definition) is 1. The zero-order chi connectivity index (χ0) is 9.40. The van der Waals surface area contributed by atoms with Crippen LogP contribution in [0.3, 0.4) is 0 Å². The summed E-state index contributed by atoms with van der Waals surface area (Å²) in [4.78, 5) is 0. The fourth-order valence-corrected chi connectivity index (χ4v) is 2.16. The molecule has 0 saturated carbocycles. The van der Waals surface area contributed by atoms with Crippen LogP contribution in [0.1, 0.15) is 40.5 Å². The lowest BCUT2D eigenvalue weighted by molar-refractivity contribution is 0.559. The molecule has 12 heavy (non-hydrogen) atoms. The number of nitrogens with one attached hydrogen (secondary N) is 1. The molecule has 0 radical (unpaired) electrons. The fourth-order valence-electron chi connectivity index (χ4n) is 1.01. The van der Waals surface area contributed by atoms with E-state index in [-0.39, 0.29) is 0 Å². The number of thioether (sulfide) groups is 1. The first-order valence-electron chi connectivity index (χ1n) is 5.09. The molecule has 74 valence electrons. The predicted octanol–water partition coefficient (Wildman–Crippen LogP) is 2.91. The molecule has 1 nitrogen and oxygen atoms in total. The lowest BCUT2D eigenvalue weighted by Gasteiger charge is -2.17. The van der Waals surface area contributed by atoms with E-state index in [1.807, 2.05) is 0 Å². The van der Waals surface area contributed by atoms with Gasteiger partial charge in [0.25, 0.3) is 0 Å². The van der Waals surface area contributed by atoms with Gasteiger partial charge in [0.05, 0.1) is 0 Å². The Morgan fingerprint density at radius 3 is 2.25 bits per heavy atom. The average molecular weight is 189 g/mol. The Labute approximate surface area is 81.7 Å². The second kappa shape index (κ2) is 7.93. The molecule has 0 aliphatic heterocycles. The largest absolute Gasteiger partial charge is 0.313 e. The number of hydrogen-bond acceptors (Lipinski definition) is 2. The minimum atomic E-state index is 0.717. The smallest absolute Gasteiger partial charge is 0.0155 e. The number of rotatable bonds is 7. The molecule has 1 N–H and O–H groups in total. The highest BCUT2D eigenvalue weighted by atomic mass is 32.2. The molecular weight excluding hydrogens is 166 g/mol. The lowest BCUT2D eigenvalue weighted by Crippen LogP contribution is -2.30. The van der Waals surface area contributed by atoms with Crippen molar-refractivity contribution in [1.82, 2.24) is 5.32 Å². The van der Waals surface area contributed by atoms with Crippen LogP contribution in [0, 0.1) is 0 Å².